The summed E-state index contributed by atoms with van der Waals surface area (Å²) < 4.78 is 34.4. The Balaban J connectivity index is 1.54. The number of rotatable bonds is 7. The van der Waals surface area contributed by atoms with E-state index in [4.69, 9.17) is 16.3 Å². The number of thiazole rings is 1. The molecular formula is C25H27ClF2N4O2S. The molecule has 6 nitrogen and oxygen atoms in total. The lowest BCUT2D eigenvalue weighted by atomic mass is 9.72. The number of esters is 1. The fourth-order valence-electron chi connectivity index (χ4n) is 4.65. The Hall–Kier alpha value is -2.62. The highest BCUT2D eigenvalue weighted by atomic mass is 35.5. The molecule has 0 aliphatic carbocycles. The second-order valence-electron chi connectivity index (χ2n) is 8.98. The lowest BCUT2D eigenvalue weighted by Gasteiger charge is -2.44. The number of nitrogens with zero attached hydrogens (tertiary/aromatic N) is 3. The van der Waals surface area contributed by atoms with Crippen LogP contribution >= 0.6 is 22.9 Å². The molecule has 0 spiro atoms. The maximum atomic E-state index is 14.8. The van der Waals surface area contributed by atoms with E-state index in [0.29, 0.717) is 42.4 Å². The van der Waals surface area contributed by atoms with Crippen molar-refractivity contribution in [3.8, 4) is 0 Å². The van der Waals surface area contributed by atoms with Gasteiger partial charge in [0, 0.05) is 30.0 Å². The van der Waals surface area contributed by atoms with Gasteiger partial charge in [-0.05, 0) is 51.4 Å². The van der Waals surface area contributed by atoms with Crippen LogP contribution in [0.2, 0.25) is 5.02 Å². The fraction of sp³-hybridized carbons (Fsp3) is 0.400. The maximum absolute atomic E-state index is 14.8. The van der Waals surface area contributed by atoms with E-state index in [2.05, 4.69) is 20.2 Å². The lowest BCUT2D eigenvalue weighted by Crippen LogP contribution is -2.50. The number of likely N-dealkylation sites (tertiary alicyclic amines) is 1. The molecule has 10 heteroatoms. The van der Waals surface area contributed by atoms with Crippen molar-refractivity contribution in [1.82, 2.24) is 14.9 Å². The van der Waals surface area contributed by atoms with Crippen LogP contribution in [0.5, 0.6) is 0 Å². The molecule has 2 unspecified atom stereocenters. The average molecular weight is 521 g/mol. The van der Waals surface area contributed by atoms with Gasteiger partial charge in [-0.2, -0.15) is 0 Å². The molecule has 2 aromatic heterocycles. The molecule has 1 N–H and O–H groups in total. The molecule has 4 rings (SSSR count). The van der Waals surface area contributed by atoms with Crippen molar-refractivity contribution in [3.05, 3.63) is 69.3 Å². The lowest BCUT2D eigenvalue weighted by molar-refractivity contribution is -0.157. The second kappa shape index (κ2) is 10.6. The Morgan fingerprint density at radius 1 is 1.31 bits per heavy atom. The third-order valence-corrected chi connectivity index (χ3v) is 7.66. The summed E-state index contributed by atoms with van der Waals surface area (Å²) in [5.74, 6) is -0.854. The molecule has 1 aliphatic rings. The van der Waals surface area contributed by atoms with Gasteiger partial charge in [0.1, 0.15) is 17.5 Å². The number of nitrogens with one attached hydrogen (secondary N) is 1. The van der Waals surface area contributed by atoms with Crippen molar-refractivity contribution < 1.29 is 18.3 Å². The first-order valence-corrected chi connectivity index (χ1v) is 12.6. The van der Waals surface area contributed by atoms with E-state index in [-0.39, 0.29) is 23.2 Å². The van der Waals surface area contributed by atoms with Gasteiger partial charge < -0.3 is 10.1 Å². The van der Waals surface area contributed by atoms with Gasteiger partial charge in [0.2, 0.25) is 0 Å². The van der Waals surface area contributed by atoms with Crippen LogP contribution in [0.25, 0.3) is 0 Å². The summed E-state index contributed by atoms with van der Waals surface area (Å²) in [5.41, 5.74) is 0.624. The number of aryl methyl sites for hydroxylation is 1. The van der Waals surface area contributed by atoms with E-state index in [9.17, 15) is 13.6 Å². The van der Waals surface area contributed by atoms with Crippen molar-refractivity contribution in [3.63, 3.8) is 0 Å². The first-order chi connectivity index (χ1) is 16.7. The van der Waals surface area contributed by atoms with Gasteiger partial charge in [-0.25, -0.2) is 18.7 Å². The number of ether oxygens (including phenoxy) is 1. The molecule has 3 aromatic rings. The molecule has 1 saturated heterocycles. The molecule has 0 amide bonds. The minimum absolute atomic E-state index is 0.0797. The maximum Gasteiger partial charge on any atom is 0.312 e. The number of hydrogen-bond acceptors (Lipinski definition) is 7. The van der Waals surface area contributed by atoms with Gasteiger partial charge in [0.25, 0.3) is 0 Å². The number of methoxy groups -OCH3 is 1. The van der Waals surface area contributed by atoms with Crippen LogP contribution in [0.3, 0.4) is 0 Å². The summed E-state index contributed by atoms with van der Waals surface area (Å²) in [7, 11) is 1.34. The van der Waals surface area contributed by atoms with E-state index in [0.717, 1.165) is 5.69 Å². The topological polar surface area (TPSA) is 67.3 Å². The van der Waals surface area contributed by atoms with Crippen LogP contribution in [0.4, 0.5) is 19.7 Å². The molecule has 1 aromatic carbocycles. The van der Waals surface area contributed by atoms with Gasteiger partial charge in [0.05, 0.1) is 28.9 Å². The first-order valence-electron chi connectivity index (χ1n) is 11.3. The third kappa shape index (κ3) is 5.63. The van der Waals surface area contributed by atoms with Gasteiger partial charge >= 0.3 is 5.97 Å². The monoisotopic (exact) mass is 520 g/mol. The van der Waals surface area contributed by atoms with Crippen molar-refractivity contribution in [2.24, 2.45) is 5.41 Å². The Morgan fingerprint density at radius 2 is 2.11 bits per heavy atom. The molecule has 3 heterocycles. The molecule has 0 bridgehead atoms. The van der Waals surface area contributed by atoms with Crippen LogP contribution in [-0.2, 0) is 22.5 Å². The van der Waals surface area contributed by atoms with Crippen LogP contribution in [0.15, 0.2) is 35.7 Å². The number of carbonyl (C=O) groups excluding carboxylic acids is 1. The molecule has 1 aliphatic heterocycles. The zero-order valence-corrected chi connectivity index (χ0v) is 21.3. The summed E-state index contributed by atoms with van der Waals surface area (Å²) >= 11 is 7.37. The minimum Gasteiger partial charge on any atom is -0.469 e. The Kier molecular flexibility index (Phi) is 7.68. The normalized spacial score (nSPS) is 20.6. The number of aromatic nitrogens is 2. The fourth-order valence-corrected chi connectivity index (χ4v) is 5.54. The van der Waals surface area contributed by atoms with E-state index in [1.807, 2.05) is 19.2 Å². The molecule has 0 saturated carbocycles. The SMILES string of the molecule is COC(=O)C1(Cc2nc(Nc3nc(C)cs3)ccc2F)CCN(Cc2cccc(Cl)c2F)C(C)C1. The van der Waals surface area contributed by atoms with Crippen LogP contribution in [0.1, 0.15) is 36.7 Å². The molecule has 35 heavy (non-hydrogen) atoms. The van der Waals surface area contributed by atoms with Crippen molar-refractivity contribution in [2.75, 3.05) is 19.0 Å². The number of hydrogen-bond donors (Lipinski definition) is 1. The molecule has 0 radical (unpaired) electrons. The Labute approximate surface area is 212 Å². The van der Waals surface area contributed by atoms with Gasteiger partial charge in [0.15, 0.2) is 5.13 Å². The highest BCUT2D eigenvalue weighted by Crippen LogP contribution is 2.40. The molecule has 186 valence electrons. The van der Waals surface area contributed by atoms with Gasteiger partial charge in [-0.3, -0.25) is 9.69 Å². The zero-order chi connectivity index (χ0) is 25.2. The first kappa shape index (κ1) is 25.5. The van der Waals surface area contributed by atoms with Crippen LogP contribution < -0.4 is 5.32 Å². The van der Waals surface area contributed by atoms with Crippen molar-refractivity contribution in [2.45, 2.75) is 45.7 Å². The smallest absolute Gasteiger partial charge is 0.312 e. The standard InChI is InChI=1S/C25H27ClF2N4O2S/c1-15-14-35-24(29-15)31-21-8-7-19(27)20(30-21)12-25(23(33)34-3)9-10-32(16(2)11-25)13-17-5-4-6-18(26)22(17)28/h4-8,14,16H,9-13H2,1-3H3,(H,29,30,31). The van der Waals surface area contributed by atoms with E-state index >= 15 is 0 Å². The summed E-state index contributed by atoms with van der Waals surface area (Å²) in [4.78, 5) is 23.9. The summed E-state index contributed by atoms with van der Waals surface area (Å²) in [5, 5.41) is 5.74. The highest BCUT2D eigenvalue weighted by molar-refractivity contribution is 7.13. The number of carbonyl (C=O) groups is 1. The van der Waals surface area contributed by atoms with E-state index < -0.39 is 23.0 Å². The Bertz CT molecular complexity index is 1220. The third-order valence-electron chi connectivity index (χ3n) is 6.49. The van der Waals surface area contributed by atoms with Gasteiger partial charge in [-0.15, -0.1) is 11.3 Å². The average Bonchev–Trinajstić information content (AvgIpc) is 3.24. The minimum atomic E-state index is -0.943. The van der Waals surface area contributed by atoms with Crippen LogP contribution in [0, 0.1) is 24.0 Å². The second-order valence-corrected chi connectivity index (χ2v) is 10.2. The highest BCUT2D eigenvalue weighted by Gasteiger charge is 2.46. The number of halogens is 3. The van der Waals surface area contributed by atoms with E-state index in [1.54, 1.807) is 18.2 Å². The number of anilines is 2. The molecule has 1 fully saturated rings. The summed E-state index contributed by atoms with van der Waals surface area (Å²) in [6.45, 7) is 4.75. The molecular weight excluding hydrogens is 494 g/mol. The summed E-state index contributed by atoms with van der Waals surface area (Å²) in [6, 6.07) is 7.75. The quantitative estimate of drug-likeness (QED) is 0.391. The predicted molar refractivity (Wildman–Crippen MR) is 133 cm³/mol. The number of pyridine rings is 1. The Morgan fingerprint density at radius 3 is 2.80 bits per heavy atom. The van der Waals surface area contributed by atoms with Crippen LogP contribution in [-0.4, -0.2) is 40.5 Å². The summed E-state index contributed by atoms with van der Waals surface area (Å²) in [6.07, 6.45) is 0.949. The number of piperidine rings is 1. The zero-order valence-electron chi connectivity index (χ0n) is 19.8. The molecule has 2 atom stereocenters. The predicted octanol–water partition coefficient (Wildman–Crippen LogP) is 5.91. The van der Waals surface area contributed by atoms with Crippen molar-refractivity contribution in [1.29, 1.82) is 0 Å². The van der Waals surface area contributed by atoms with Gasteiger partial charge in [-0.1, -0.05) is 23.7 Å². The number of benzene rings is 1. The van der Waals surface area contributed by atoms with Crippen molar-refractivity contribution >= 4 is 39.9 Å². The van der Waals surface area contributed by atoms with E-state index in [1.165, 1.54) is 30.6 Å². The largest absolute Gasteiger partial charge is 0.469 e.